The van der Waals surface area contributed by atoms with E-state index in [-0.39, 0.29) is 5.91 Å². The standard InChI is InChI=1S/C16H19N3O2/c1-12(2)11-21-15-7-5-4-6-14(15)16(20)17-10-13-8-9-18-19(13)3/h4-9H,1,10-11H2,2-3H3,(H,17,20). The lowest BCUT2D eigenvalue weighted by molar-refractivity contribution is 0.0946. The van der Waals surface area contributed by atoms with Crippen LogP contribution in [0.3, 0.4) is 0 Å². The molecular weight excluding hydrogens is 266 g/mol. The van der Waals surface area contributed by atoms with E-state index in [0.29, 0.717) is 24.5 Å². The van der Waals surface area contributed by atoms with Gasteiger partial charge in [0.05, 0.1) is 17.8 Å². The van der Waals surface area contributed by atoms with E-state index in [2.05, 4.69) is 17.0 Å². The van der Waals surface area contributed by atoms with Crippen LogP contribution in [-0.4, -0.2) is 22.3 Å². The van der Waals surface area contributed by atoms with Crippen molar-refractivity contribution in [2.75, 3.05) is 6.61 Å². The van der Waals surface area contributed by atoms with E-state index in [1.165, 1.54) is 0 Å². The van der Waals surface area contributed by atoms with Crippen molar-refractivity contribution in [2.45, 2.75) is 13.5 Å². The van der Waals surface area contributed by atoms with Gasteiger partial charge in [-0.3, -0.25) is 9.48 Å². The fourth-order valence-corrected chi connectivity index (χ4v) is 1.82. The molecule has 0 atom stereocenters. The number of hydrogen-bond acceptors (Lipinski definition) is 3. The van der Waals surface area contributed by atoms with Crippen LogP contribution in [-0.2, 0) is 13.6 Å². The Hall–Kier alpha value is -2.56. The summed E-state index contributed by atoms with van der Waals surface area (Å²) in [6.45, 7) is 6.48. The molecule has 0 aliphatic carbocycles. The van der Waals surface area contributed by atoms with E-state index in [9.17, 15) is 4.79 Å². The van der Waals surface area contributed by atoms with Crippen molar-refractivity contribution in [3.8, 4) is 5.75 Å². The number of carbonyl (C=O) groups excluding carboxylic acids is 1. The van der Waals surface area contributed by atoms with Gasteiger partial charge >= 0.3 is 0 Å². The Morgan fingerprint density at radius 1 is 1.38 bits per heavy atom. The van der Waals surface area contributed by atoms with Gasteiger partial charge in [-0.05, 0) is 30.7 Å². The van der Waals surface area contributed by atoms with Crippen molar-refractivity contribution in [1.82, 2.24) is 15.1 Å². The maximum Gasteiger partial charge on any atom is 0.255 e. The summed E-state index contributed by atoms with van der Waals surface area (Å²) in [6.07, 6.45) is 1.70. The summed E-state index contributed by atoms with van der Waals surface area (Å²) in [6, 6.07) is 9.04. The summed E-state index contributed by atoms with van der Waals surface area (Å²) < 4.78 is 7.33. The highest BCUT2D eigenvalue weighted by atomic mass is 16.5. The summed E-state index contributed by atoms with van der Waals surface area (Å²) in [5, 5.41) is 6.93. The third-order valence-electron chi connectivity index (χ3n) is 2.96. The molecule has 1 N–H and O–H groups in total. The number of aryl methyl sites for hydroxylation is 1. The predicted molar refractivity (Wildman–Crippen MR) is 81.1 cm³/mol. The number of nitrogens with one attached hydrogen (secondary N) is 1. The Morgan fingerprint density at radius 3 is 2.81 bits per heavy atom. The Bertz CT molecular complexity index is 646. The first-order valence-electron chi connectivity index (χ1n) is 6.69. The van der Waals surface area contributed by atoms with E-state index in [1.54, 1.807) is 23.0 Å². The number of para-hydroxylation sites is 1. The summed E-state index contributed by atoms with van der Waals surface area (Å²) >= 11 is 0. The second kappa shape index (κ2) is 6.74. The third-order valence-corrected chi connectivity index (χ3v) is 2.96. The lowest BCUT2D eigenvalue weighted by Gasteiger charge is -2.11. The fourth-order valence-electron chi connectivity index (χ4n) is 1.82. The van der Waals surface area contributed by atoms with Crippen LogP contribution in [0.15, 0.2) is 48.7 Å². The second-order valence-corrected chi connectivity index (χ2v) is 4.87. The monoisotopic (exact) mass is 285 g/mol. The van der Waals surface area contributed by atoms with Crippen molar-refractivity contribution >= 4 is 5.91 Å². The molecule has 2 aromatic rings. The Kier molecular flexibility index (Phi) is 4.77. The Labute approximate surface area is 124 Å². The van der Waals surface area contributed by atoms with Crippen LogP contribution in [0.5, 0.6) is 5.75 Å². The van der Waals surface area contributed by atoms with Gasteiger partial charge in [-0.15, -0.1) is 0 Å². The molecule has 0 unspecified atom stereocenters. The van der Waals surface area contributed by atoms with Gasteiger partial charge in [-0.25, -0.2) is 0 Å². The number of ether oxygens (including phenoxy) is 1. The maximum absolute atomic E-state index is 12.3. The molecule has 0 spiro atoms. The molecule has 1 aromatic heterocycles. The summed E-state index contributed by atoms with van der Waals surface area (Å²) in [5.74, 6) is 0.386. The van der Waals surface area contributed by atoms with Gasteiger partial charge in [0.1, 0.15) is 12.4 Å². The third kappa shape index (κ3) is 3.95. The zero-order chi connectivity index (χ0) is 15.2. The zero-order valence-electron chi connectivity index (χ0n) is 12.3. The molecule has 0 aliphatic rings. The Morgan fingerprint density at radius 2 is 2.14 bits per heavy atom. The highest BCUT2D eigenvalue weighted by Crippen LogP contribution is 2.18. The van der Waals surface area contributed by atoms with E-state index in [1.807, 2.05) is 32.2 Å². The normalized spacial score (nSPS) is 10.2. The average molecular weight is 285 g/mol. The molecule has 0 fully saturated rings. The minimum Gasteiger partial charge on any atom is -0.488 e. The van der Waals surface area contributed by atoms with Crippen molar-refractivity contribution in [3.05, 3.63) is 59.9 Å². The molecule has 2 rings (SSSR count). The van der Waals surface area contributed by atoms with E-state index < -0.39 is 0 Å². The van der Waals surface area contributed by atoms with Crippen LogP contribution in [0.25, 0.3) is 0 Å². The molecule has 5 heteroatoms. The van der Waals surface area contributed by atoms with Crippen LogP contribution >= 0.6 is 0 Å². The SMILES string of the molecule is C=C(C)COc1ccccc1C(=O)NCc1ccnn1C. The van der Waals surface area contributed by atoms with Crippen LogP contribution in [0.4, 0.5) is 0 Å². The number of nitrogens with zero attached hydrogens (tertiary/aromatic N) is 2. The van der Waals surface area contributed by atoms with Crippen molar-refractivity contribution in [2.24, 2.45) is 7.05 Å². The number of benzene rings is 1. The highest BCUT2D eigenvalue weighted by molar-refractivity contribution is 5.96. The first-order chi connectivity index (χ1) is 10.1. The number of carbonyl (C=O) groups is 1. The lowest BCUT2D eigenvalue weighted by atomic mass is 10.2. The molecule has 0 saturated heterocycles. The van der Waals surface area contributed by atoms with Gasteiger partial charge in [0, 0.05) is 13.2 Å². The van der Waals surface area contributed by atoms with Gasteiger partial charge in [-0.2, -0.15) is 5.10 Å². The number of hydrogen-bond donors (Lipinski definition) is 1. The van der Waals surface area contributed by atoms with Gasteiger partial charge in [0.2, 0.25) is 0 Å². The summed E-state index contributed by atoms with van der Waals surface area (Å²) in [5.41, 5.74) is 2.35. The number of rotatable bonds is 6. The van der Waals surface area contributed by atoms with Gasteiger partial charge < -0.3 is 10.1 Å². The quantitative estimate of drug-likeness (QED) is 0.829. The molecule has 1 heterocycles. The fraction of sp³-hybridized carbons (Fsp3) is 0.250. The van der Waals surface area contributed by atoms with Gasteiger partial charge in [-0.1, -0.05) is 18.7 Å². The zero-order valence-corrected chi connectivity index (χ0v) is 12.3. The molecule has 0 bridgehead atoms. The minimum atomic E-state index is -0.173. The van der Waals surface area contributed by atoms with Crippen molar-refractivity contribution in [3.63, 3.8) is 0 Å². The summed E-state index contributed by atoms with van der Waals surface area (Å²) in [4.78, 5) is 12.3. The molecule has 1 aromatic carbocycles. The van der Waals surface area contributed by atoms with Crippen LogP contribution < -0.4 is 10.1 Å². The highest BCUT2D eigenvalue weighted by Gasteiger charge is 2.12. The number of amides is 1. The van der Waals surface area contributed by atoms with Crippen LogP contribution in [0.1, 0.15) is 23.0 Å². The van der Waals surface area contributed by atoms with E-state index in [4.69, 9.17) is 4.74 Å². The largest absolute Gasteiger partial charge is 0.488 e. The molecule has 0 saturated carbocycles. The van der Waals surface area contributed by atoms with Crippen molar-refractivity contribution < 1.29 is 9.53 Å². The first kappa shape index (κ1) is 14.8. The Balaban J connectivity index is 2.04. The topological polar surface area (TPSA) is 56.1 Å². The molecule has 110 valence electrons. The molecule has 5 nitrogen and oxygen atoms in total. The number of aromatic nitrogens is 2. The predicted octanol–water partition coefficient (Wildman–Crippen LogP) is 2.31. The molecule has 0 aliphatic heterocycles. The molecule has 21 heavy (non-hydrogen) atoms. The molecule has 1 amide bonds. The smallest absolute Gasteiger partial charge is 0.255 e. The average Bonchev–Trinajstić information content (AvgIpc) is 2.88. The molecular formula is C16H19N3O2. The van der Waals surface area contributed by atoms with Crippen LogP contribution in [0, 0.1) is 0 Å². The van der Waals surface area contributed by atoms with E-state index >= 15 is 0 Å². The van der Waals surface area contributed by atoms with Crippen molar-refractivity contribution in [1.29, 1.82) is 0 Å². The second-order valence-electron chi connectivity index (χ2n) is 4.87. The maximum atomic E-state index is 12.3. The lowest BCUT2D eigenvalue weighted by Crippen LogP contribution is -2.24. The van der Waals surface area contributed by atoms with E-state index in [0.717, 1.165) is 11.3 Å². The van der Waals surface area contributed by atoms with Gasteiger partial charge in [0.25, 0.3) is 5.91 Å². The summed E-state index contributed by atoms with van der Waals surface area (Å²) in [7, 11) is 1.84. The molecule has 0 radical (unpaired) electrons. The van der Waals surface area contributed by atoms with Gasteiger partial charge in [0.15, 0.2) is 0 Å². The minimum absolute atomic E-state index is 0.173. The first-order valence-corrected chi connectivity index (χ1v) is 6.69. The van der Waals surface area contributed by atoms with Crippen LogP contribution in [0.2, 0.25) is 0 Å².